The molecule has 0 saturated carbocycles. The summed E-state index contributed by atoms with van der Waals surface area (Å²) >= 11 is 3.59. The van der Waals surface area contributed by atoms with Gasteiger partial charge in [0.2, 0.25) is 0 Å². The minimum absolute atomic E-state index is 0.0786. The van der Waals surface area contributed by atoms with Gasteiger partial charge in [0.25, 0.3) is 0 Å². The van der Waals surface area contributed by atoms with Crippen LogP contribution in [0.4, 0.5) is 0 Å². The standard InChI is InChI=1S/C17H21BrN2O/c1-3-4-12-5-7-13(8-6-12)17(20-19)15-11-14(21-2)9-10-16(15)18/h5-11,17,20H,3-4,19H2,1-2H3. The van der Waals surface area contributed by atoms with Crippen LogP contribution in [0.5, 0.6) is 5.75 Å². The van der Waals surface area contributed by atoms with E-state index in [0.29, 0.717) is 0 Å². The maximum absolute atomic E-state index is 5.78. The Kier molecular flexibility index (Phi) is 5.79. The lowest BCUT2D eigenvalue weighted by Crippen LogP contribution is -2.29. The molecule has 0 aromatic heterocycles. The Morgan fingerprint density at radius 2 is 1.90 bits per heavy atom. The number of nitrogens with one attached hydrogen (secondary N) is 1. The fourth-order valence-corrected chi connectivity index (χ4v) is 2.88. The number of rotatable bonds is 6. The van der Waals surface area contributed by atoms with Gasteiger partial charge in [0, 0.05) is 4.47 Å². The molecule has 0 radical (unpaired) electrons. The quantitative estimate of drug-likeness (QED) is 0.613. The van der Waals surface area contributed by atoms with Gasteiger partial charge in [-0.05, 0) is 41.3 Å². The van der Waals surface area contributed by atoms with E-state index in [9.17, 15) is 0 Å². The van der Waals surface area contributed by atoms with Crippen molar-refractivity contribution >= 4 is 15.9 Å². The first-order chi connectivity index (χ1) is 10.2. The summed E-state index contributed by atoms with van der Waals surface area (Å²) in [6.07, 6.45) is 2.25. The lowest BCUT2D eigenvalue weighted by atomic mass is 9.97. The summed E-state index contributed by atoms with van der Waals surface area (Å²) in [5.41, 5.74) is 6.43. The lowest BCUT2D eigenvalue weighted by Gasteiger charge is -2.19. The molecule has 3 nitrogen and oxygen atoms in total. The summed E-state index contributed by atoms with van der Waals surface area (Å²) in [6.45, 7) is 2.19. The molecule has 3 N–H and O–H groups in total. The van der Waals surface area contributed by atoms with E-state index in [1.165, 1.54) is 5.56 Å². The highest BCUT2D eigenvalue weighted by Crippen LogP contribution is 2.31. The van der Waals surface area contributed by atoms with Crippen LogP contribution >= 0.6 is 15.9 Å². The zero-order chi connectivity index (χ0) is 15.2. The zero-order valence-electron chi connectivity index (χ0n) is 12.4. The second-order valence-electron chi connectivity index (χ2n) is 4.98. The van der Waals surface area contributed by atoms with Gasteiger partial charge in [-0.2, -0.15) is 0 Å². The monoisotopic (exact) mass is 348 g/mol. The maximum atomic E-state index is 5.78. The number of hydrogen-bond donors (Lipinski definition) is 2. The van der Waals surface area contributed by atoms with Crippen LogP contribution in [-0.2, 0) is 6.42 Å². The van der Waals surface area contributed by atoms with Crippen molar-refractivity contribution in [2.24, 2.45) is 5.84 Å². The third-order valence-electron chi connectivity index (χ3n) is 3.53. The first-order valence-electron chi connectivity index (χ1n) is 7.08. The van der Waals surface area contributed by atoms with Crippen molar-refractivity contribution in [3.05, 3.63) is 63.6 Å². The minimum Gasteiger partial charge on any atom is -0.497 e. The van der Waals surface area contributed by atoms with Gasteiger partial charge >= 0.3 is 0 Å². The second kappa shape index (κ2) is 7.59. The van der Waals surface area contributed by atoms with Crippen molar-refractivity contribution in [2.45, 2.75) is 25.8 Å². The van der Waals surface area contributed by atoms with Crippen LogP contribution in [0.1, 0.15) is 36.1 Å². The largest absolute Gasteiger partial charge is 0.497 e. The van der Waals surface area contributed by atoms with Gasteiger partial charge < -0.3 is 4.74 Å². The normalized spacial score (nSPS) is 12.2. The van der Waals surface area contributed by atoms with Crippen molar-refractivity contribution in [3.63, 3.8) is 0 Å². The lowest BCUT2D eigenvalue weighted by molar-refractivity contribution is 0.413. The van der Waals surface area contributed by atoms with Crippen molar-refractivity contribution in [1.82, 2.24) is 5.43 Å². The van der Waals surface area contributed by atoms with Crippen LogP contribution in [0.15, 0.2) is 46.9 Å². The molecular weight excluding hydrogens is 328 g/mol. The number of halogens is 1. The second-order valence-corrected chi connectivity index (χ2v) is 5.83. The molecule has 2 aromatic rings. The Hall–Kier alpha value is -1.36. The number of hydrogen-bond acceptors (Lipinski definition) is 3. The van der Waals surface area contributed by atoms with Crippen LogP contribution in [0.25, 0.3) is 0 Å². The molecule has 0 aliphatic rings. The number of methoxy groups -OCH3 is 1. The minimum atomic E-state index is -0.0786. The van der Waals surface area contributed by atoms with Crippen molar-refractivity contribution in [1.29, 1.82) is 0 Å². The molecule has 0 saturated heterocycles. The molecule has 1 atom stereocenters. The van der Waals surface area contributed by atoms with Crippen molar-refractivity contribution < 1.29 is 4.74 Å². The van der Waals surface area contributed by atoms with E-state index >= 15 is 0 Å². The zero-order valence-corrected chi connectivity index (χ0v) is 14.0. The molecule has 0 aliphatic carbocycles. The SMILES string of the molecule is CCCc1ccc(C(NN)c2cc(OC)ccc2Br)cc1. The molecule has 1 unspecified atom stereocenters. The van der Waals surface area contributed by atoms with Crippen LogP contribution in [-0.4, -0.2) is 7.11 Å². The highest BCUT2D eigenvalue weighted by atomic mass is 79.9. The predicted octanol–water partition coefficient (Wildman–Crippen LogP) is 3.96. The van der Waals surface area contributed by atoms with Gasteiger partial charge in [0.05, 0.1) is 13.2 Å². The number of aryl methyl sites for hydroxylation is 1. The van der Waals surface area contributed by atoms with E-state index in [0.717, 1.165) is 34.2 Å². The fraction of sp³-hybridized carbons (Fsp3) is 0.294. The molecule has 0 heterocycles. The summed E-state index contributed by atoms with van der Waals surface area (Å²) in [5, 5.41) is 0. The average molecular weight is 349 g/mol. The highest BCUT2D eigenvalue weighted by molar-refractivity contribution is 9.10. The van der Waals surface area contributed by atoms with Gasteiger partial charge in [-0.25, -0.2) is 5.43 Å². The average Bonchev–Trinajstić information content (AvgIpc) is 2.51. The Balaban J connectivity index is 2.34. The van der Waals surface area contributed by atoms with Crippen LogP contribution in [0.3, 0.4) is 0 Å². The third kappa shape index (κ3) is 3.84. The summed E-state index contributed by atoms with van der Waals surface area (Å²) in [6, 6.07) is 14.4. The molecule has 112 valence electrons. The van der Waals surface area contributed by atoms with E-state index in [-0.39, 0.29) is 6.04 Å². The van der Waals surface area contributed by atoms with Gasteiger partial charge in [-0.1, -0.05) is 53.5 Å². The predicted molar refractivity (Wildman–Crippen MR) is 90.3 cm³/mol. The van der Waals surface area contributed by atoms with E-state index in [1.807, 2.05) is 18.2 Å². The summed E-state index contributed by atoms with van der Waals surface area (Å²) in [4.78, 5) is 0. The molecule has 0 spiro atoms. The number of hydrazine groups is 1. The molecular formula is C17H21BrN2O. The highest BCUT2D eigenvalue weighted by Gasteiger charge is 2.16. The topological polar surface area (TPSA) is 47.3 Å². The molecule has 0 bridgehead atoms. The summed E-state index contributed by atoms with van der Waals surface area (Å²) in [7, 11) is 1.66. The van der Waals surface area contributed by atoms with Crippen LogP contribution in [0, 0.1) is 0 Å². The van der Waals surface area contributed by atoms with E-state index in [4.69, 9.17) is 10.6 Å². The fourth-order valence-electron chi connectivity index (χ4n) is 2.40. The Morgan fingerprint density at radius 1 is 1.19 bits per heavy atom. The summed E-state index contributed by atoms with van der Waals surface area (Å²) < 4.78 is 6.31. The molecule has 4 heteroatoms. The summed E-state index contributed by atoms with van der Waals surface area (Å²) in [5.74, 6) is 6.60. The first-order valence-corrected chi connectivity index (χ1v) is 7.87. The van der Waals surface area contributed by atoms with Crippen molar-refractivity contribution in [2.75, 3.05) is 7.11 Å². The van der Waals surface area contributed by atoms with Crippen molar-refractivity contribution in [3.8, 4) is 5.75 Å². The van der Waals surface area contributed by atoms with Gasteiger partial charge in [0.15, 0.2) is 0 Å². The number of benzene rings is 2. The molecule has 21 heavy (non-hydrogen) atoms. The smallest absolute Gasteiger partial charge is 0.119 e. The number of nitrogens with two attached hydrogens (primary N) is 1. The third-order valence-corrected chi connectivity index (χ3v) is 4.25. The van der Waals surface area contributed by atoms with E-state index in [1.54, 1.807) is 7.11 Å². The number of ether oxygens (including phenoxy) is 1. The molecule has 0 fully saturated rings. The van der Waals surface area contributed by atoms with Gasteiger partial charge in [0.1, 0.15) is 5.75 Å². The Labute approximate surface area is 134 Å². The van der Waals surface area contributed by atoms with Crippen LogP contribution in [0.2, 0.25) is 0 Å². The van der Waals surface area contributed by atoms with Crippen LogP contribution < -0.4 is 16.0 Å². The first kappa shape index (κ1) is 16.0. The van der Waals surface area contributed by atoms with Gasteiger partial charge in [-0.3, -0.25) is 5.84 Å². The Morgan fingerprint density at radius 3 is 2.48 bits per heavy atom. The maximum Gasteiger partial charge on any atom is 0.119 e. The van der Waals surface area contributed by atoms with E-state index in [2.05, 4.69) is 52.5 Å². The van der Waals surface area contributed by atoms with E-state index < -0.39 is 0 Å². The Bertz CT molecular complexity index is 584. The molecule has 0 aliphatic heterocycles. The van der Waals surface area contributed by atoms with Gasteiger partial charge in [-0.15, -0.1) is 0 Å². The molecule has 2 aromatic carbocycles. The molecule has 0 amide bonds. The molecule has 2 rings (SSSR count).